The van der Waals surface area contributed by atoms with Crippen molar-refractivity contribution in [1.29, 1.82) is 0 Å². The number of nitrogens with zero attached hydrogens (tertiary/aromatic N) is 6. The minimum Gasteiger partial charge on any atom is -0.486 e. The summed E-state index contributed by atoms with van der Waals surface area (Å²) in [6.07, 6.45) is 11.9. The Balaban J connectivity index is 0.949. The summed E-state index contributed by atoms with van der Waals surface area (Å²) < 4.78 is 5.90. The largest absolute Gasteiger partial charge is 0.486 e. The van der Waals surface area contributed by atoms with Crippen LogP contribution >= 0.6 is 22.9 Å². The number of ether oxygens (including phenoxy) is 1. The van der Waals surface area contributed by atoms with Crippen molar-refractivity contribution in [2.24, 2.45) is 5.92 Å². The Morgan fingerprint density at radius 2 is 1.82 bits per heavy atom. The Morgan fingerprint density at radius 1 is 0.955 bits per heavy atom. The Labute approximate surface area is 267 Å². The summed E-state index contributed by atoms with van der Waals surface area (Å²) in [5.41, 5.74) is 4.49. The highest BCUT2D eigenvalue weighted by molar-refractivity contribution is 7.19. The van der Waals surface area contributed by atoms with Gasteiger partial charge in [0.05, 0.1) is 16.1 Å². The summed E-state index contributed by atoms with van der Waals surface area (Å²) in [7, 11) is 0. The van der Waals surface area contributed by atoms with Crippen LogP contribution in [0, 0.1) is 5.92 Å². The van der Waals surface area contributed by atoms with Gasteiger partial charge in [-0.2, -0.15) is 0 Å². The monoisotopic (exact) mass is 625 g/mol. The van der Waals surface area contributed by atoms with Crippen molar-refractivity contribution in [1.82, 2.24) is 29.7 Å². The Bertz CT molecular complexity index is 1690. The fourth-order valence-electron chi connectivity index (χ4n) is 6.27. The number of anilines is 2. The lowest BCUT2D eigenvalue weighted by atomic mass is 9.85. The molecule has 44 heavy (non-hydrogen) atoms. The van der Waals surface area contributed by atoms with Crippen LogP contribution in [0.15, 0.2) is 73.4 Å². The molecule has 1 unspecified atom stereocenters. The molecule has 0 spiro atoms. The van der Waals surface area contributed by atoms with Gasteiger partial charge in [-0.05, 0) is 91.7 Å². The molecular weight excluding hydrogens is 590 g/mol. The van der Waals surface area contributed by atoms with Crippen LogP contribution in [0.5, 0.6) is 5.75 Å². The molecule has 2 aliphatic rings. The molecule has 226 valence electrons. The van der Waals surface area contributed by atoms with Crippen LogP contribution in [-0.4, -0.2) is 62.5 Å². The Kier molecular flexibility index (Phi) is 8.97. The molecule has 5 aromatic rings. The fourth-order valence-corrected chi connectivity index (χ4v) is 7.81. The van der Waals surface area contributed by atoms with E-state index in [0.717, 1.165) is 73.0 Å². The maximum atomic E-state index is 6.59. The van der Waals surface area contributed by atoms with E-state index in [4.69, 9.17) is 16.3 Å². The summed E-state index contributed by atoms with van der Waals surface area (Å²) in [6.45, 7) is 7.14. The number of piperazine rings is 1. The van der Waals surface area contributed by atoms with E-state index in [1.165, 1.54) is 35.4 Å². The maximum absolute atomic E-state index is 6.59. The van der Waals surface area contributed by atoms with Crippen LogP contribution in [0.1, 0.15) is 34.5 Å². The molecular formula is C34H36ClN7OS. The lowest BCUT2D eigenvalue weighted by Gasteiger charge is -2.35. The molecule has 1 aromatic carbocycles. The van der Waals surface area contributed by atoms with Gasteiger partial charge in [0, 0.05) is 61.9 Å². The normalized spacial score (nSPS) is 17.4. The number of halogens is 1. The predicted molar refractivity (Wildman–Crippen MR) is 177 cm³/mol. The van der Waals surface area contributed by atoms with Crippen molar-refractivity contribution in [3.63, 3.8) is 0 Å². The molecule has 1 fully saturated rings. The molecule has 10 heteroatoms. The molecule has 0 bridgehead atoms. The van der Waals surface area contributed by atoms with E-state index in [1.807, 2.05) is 60.1 Å². The fraction of sp³-hybridized carbons (Fsp3) is 0.353. The second-order valence-electron chi connectivity index (χ2n) is 11.7. The second-order valence-corrected chi connectivity index (χ2v) is 13.1. The molecule has 0 amide bonds. The Hall–Kier alpha value is -3.63. The molecule has 1 N–H and O–H groups in total. The zero-order chi connectivity index (χ0) is 29.7. The van der Waals surface area contributed by atoms with Crippen LogP contribution in [-0.2, 0) is 26.0 Å². The zero-order valence-corrected chi connectivity index (χ0v) is 26.2. The number of fused-ring (bicyclic) bond motifs is 3. The van der Waals surface area contributed by atoms with Gasteiger partial charge in [-0.15, -0.1) is 11.3 Å². The number of pyridine rings is 2. The predicted octanol–water partition coefficient (Wildman–Crippen LogP) is 6.77. The van der Waals surface area contributed by atoms with E-state index < -0.39 is 0 Å². The number of nitrogens with one attached hydrogen (secondary N) is 1. The third kappa shape index (κ3) is 6.86. The van der Waals surface area contributed by atoms with Crippen LogP contribution in [0.2, 0.25) is 5.02 Å². The van der Waals surface area contributed by atoms with Crippen LogP contribution in [0.3, 0.4) is 0 Å². The van der Waals surface area contributed by atoms with E-state index in [-0.39, 0.29) is 0 Å². The van der Waals surface area contributed by atoms with Gasteiger partial charge in [-0.3, -0.25) is 14.9 Å². The van der Waals surface area contributed by atoms with Gasteiger partial charge in [-0.1, -0.05) is 17.7 Å². The number of benzene rings is 1. The van der Waals surface area contributed by atoms with Crippen LogP contribution < -0.4 is 10.1 Å². The summed E-state index contributed by atoms with van der Waals surface area (Å²) in [5.74, 6) is 2.18. The molecule has 1 atom stereocenters. The highest BCUT2D eigenvalue weighted by atomic mass is 35.5. The van der Waals surface area contributed by atoms with Crippen molar-refractivity contribution in [3.05, 3.63) is 100 Å². The molecule has 1 aliphatic carbocycles. The molecule has 0 radical (unpaired) electrons. The standard InChI is InChI=1S/C34H36ClN7OS/c35-29-20-26(5-7-30(29)43-22-27-3-1-2-11-37-27)40-33-32-28-6-4-24(19-31(28)44-34(32)39-23-38-33)10-14-41-15-17-42(18-16-41)21-25-8-12-36-13-9-25/h1-3,5,7-9,11-13,20,23-24H,4,6,10,14-19,21-22H2,(H,38,39,40). The van der Waals surface area contributed by atoms with Crippen molar-refractivity contribution in [2.75, 3.05) is 38.0 Å². The number of aryl methyl sites for hydroxylation is 1. The van der Waals surface area contributed by atoms with Crippen LogP contribution in [0.4, 0.5) is 11.5 Å². The van der Waals surface area contributed by atoms with Crippen molar-refractivity contribution >= 4 is 44.7 Å². The first kappa shape index (κ1) is 29.1. The van der Waals surface area contributed by atoms with E-state index >= 15 is 0 Å². The molecule has 4 aromatic heterocycles. The van der Waals surface area contributed by atoms with E-state index in [1.54, 1.807) is 12.5 Å². The molecule has 1 aliphatic heterocycles. The second kappa shape index (κ2) is 13.6. The number of aromatic nitrogens is 4. The van der Waals surface area contributed by atoms with Gasteiger partial charge in [0.2, 0.25) is 0 Å². The maximum Gasteiger partial charge on any atom is 0.142 e. The SMILES string of the molecule is Clc1cc(Nc2ncnc3sc4c(c23)CCC(CCN2CCN(Cc3ccncc3)CC2)C4)ccc1OCc1ccccn1. The zero-order valence-electron chi connectivity index (χ0n) is 24.7. The first-order chi connectivity index (χ1) is 21.7. The molecule has 0 saturated carbocycles. The number of rotatable bonds is 10. The summed E-state index contributed by atoms with van der Waals surface area (Å²) in [5, 5.41) is 5.21. The topological polar surface area (TPSA) is 79.3 Å². The van der Waals surface area contributed by atoms with Gasteiger partial charge in [0.1, 0.15) is 29.3 Å². The van der Waals surface area contributed by atoms with Gasteiger partial charge in [0.25, 0.3) is 0 Å². The quantitative estimate of drug-likeness (QED) is 0.182. The number of thiophene rings is 1. The first-order valence-corrected chi connectivity index (χ1v) is 16.6. The van der Waals surface area contributed by atoms with Gasteiger partial charge >= 0.3 is 0 Å². The molecule has 5 heterocycles. The lowest BCUT2D eigenvalue weighted by Crippen LogP contribution is -2.46. The number of hydrogen-bond acceptors (Lipinski definition) is 9. The summed E-state index contributed by atoms with van der Waals surface area (Å²) in [4.78, 5) is 25.5. The molecule has 1 saturated heterocycles. The highest BCUT2D eigenvalue weighted by Gasteiger charge is 2.26. The lowest BCUT2D eigenvalue weighted by molar-refractivity contribution is 0.121. The first-order valence-electron chi connectivity index (χ1n) is 15.4. The van der Waals surface area contributed by atoms with Gasteiger partial charge in [-0.25, -0.2) is 9.97 Å². The average molecular weight is 626 g/mol. The summed E-state index contributed by atoms with van der Waals surface area (Å²) in [6, 6.07) is 15.8. The minimum atomic E-state index is 0.367. The smallest absolute Gasteiger partial charge is 0.142 e. The minimum absolute atomic E-state index is 0.367. The van der Waals surface area contributed by atoms with Crippen molar-refractivity contribution < 1.29 is 4.74 Å². The highest BCUT2D eigenvalue weighted by Crippen LogP contribution is 2.41. The van der Waals surface area contributed by atoms with Gasteiger partial charge in [0.15, 0.2) is 0 Å². The summed E-state index contributed by atoms with van der Waals surface area (Å²) >= 11 is 8.43. The Morgan fingerprint density at radius 3 is 2.64 bits per heavy atom. The third-order valence-electron chi connectivity index (χ3n) is 8.72. The third-order valence-corrected chi connectivity index (χ3v) is 10.2. The van der Waals surface area contributed by atoms with Crippen LogP contribution in [0.25, 0.3) is 10.2 Å². The van der Waals surface area contributed by atoms with E-state index in [2.05, 4.69) is 47.2 Å². The van der Waals surface area contributed by atoms with E-state index in [9.17, 15) is 0 Å². The van der Waals surface area contributed by atoms with E-state index in [0.29, 0.717) is 23.3 Å². The van der Waals surface area contributed by atoms with Crippen molar-refractivity contribution in [2.45, 2.75) is 38.8 Å². The average Bonchev–Trinajstić information content (AvgIpc) is 3.44. The molecule has 8 nitrogen and oxygen atoms in total. The van der Waals surface area contributed by atoms with Crippen molar-refractivity contribution in [3.8, 4) is 5.75 Å². The van der Waals surface area contributed by atoms with Gasteiger partial charge < -0.3 is 15.0 Å². The number of hydrogen-bond donors (Lipinski definition) is 1. The molecule has 7 rings (SSSR count).